The van der Waals surface area contributed by atoms with E-state index in [1.54, 1.807) is 6.92 Å². The highest BCUT2D eigenvalue weighted by Crippen LogP contribution is 2.42. The highest BCUT2D eigenvalue weighted by Gasteiger charge is 2.25. The van der Waals surface area contributed by atoms with Gasteiger partial charge in [0.2, 0.25) is 0 Å². The number of fused-ring (bicyclic) bond motifs is 5. The molecule has 1 heterocycles. The molecule has 0 bridgehead atoms. The first-order valence-electron chi connectivity index (χ1n) is 11.2. The lowest BCUT2D eigenvalue weighted by Gasteiger charge is -2.08. The molecule has 0 radical (unpaired) electrons. The van der Waals surface area contributed by atoms with Crippen molar-refractivity contribution in [3.63, 3.8) is 0 Å². The number of hydrogen-bond donors (Lipinski definition) is 1. The van der Waals surface area contributed by atoms with Crippen molar-refractivity contribution in [1.82, 2.24) is 4.98 Å². The van der Waals surface area contributed by atoms with Crippen LogP contribution in [-0.2, 0) is 17.6 Å². The number of carbonyl (C=O) groups is 1. The molecule has 0 amide bonds. The van der Waals surface area contributed by atoms with Crippen molar-refractivity contribution in [1.29, 1.82) is 0 Å². The van der Waals surface area contributed by atoms with Crippen molar-refractivity contribution < 1.29 is 9.18 Å². The maximum absolute atomic E-state index is 15.6. The fraction of sp³-hybridized carbons (Fsp3) is 0.100. The Balaban J connectivity index is 1.38. The molecule has 0 saturated heterocycles. The third-order valence-electron chi connectivity index (χ3n) is 6.58. The fourth-order valence-corrected chi connectivity index (χ4v) is 5.02. The third-order valence-corrected chi connectivity index (χ3v) is 6.58. The summed E-state index contributed by atoms with van der Waals surface area (Å²) in [5.74, 6) is -0.0626. The molecule has 2 nitrogen and oxygen atoms in total. The van der Waals surface area contributed by atoms with Gasteiger partial charge in [-0.15, -0.1) is 0 Å². The molecule has 160 valence electrons. The summed E-state index contributed by atoms with van der Waals surface area (Å²) in [5, 5.41) is 0.927. The van der Waals surface area contributed by atoms with Gasteiger partial charge in [-0.05, 0) is 40.3 Å². The van der Waals surface area contributed by atoms with Gasteiger partial charge in [0.05, 0.1) is 11.2 Å². The summed E-state index contributed by atoms with van der Waals surface area (Å²) < 4.78 is 15.6. The topological polar surface area (TPSA) is 32.9 Å². The maximum atomic E-state index is 15.6. The highest BCUT2D eigenvalue weighted by atomic mass is 19.1. The van der Waals surface area contributed by atoms with Gasteiger partial charge in [-0.2, -0.15) is 0 Å². The van der Waals surface area contributed by atoms with Crippen molar-refractivity contribution in [3.05, 3.63) is 107 Å². The van der Waals surface area contributed by atoms with Gasteiger partial charge < -0.3 is 4.98 Å². The van der Waals surface area contributed by atoms with Gasteiger partial charge in [-0.3, -0.25) is 4.79 Å². The van der Waals surface area contributed by atoms with Crippen molar-refractivity contribution in [3.8, 4) is 33.5 Å². The minimum absolute atomic E-state index is 0.156. The molecule has 1 aliphatic rings. The van der Waals surface area contributed by atoms with E-state index in [1.165, 1.54) is 5.56 Å². The van der Waals surface area contributed by atoms with Gasteiger partial charge >= 0.3 is 0 Å². The highest BCUT2D eigenvalue weighted by molar-refractivity contribution is 5.97. The van der Waals surface area contributed by atoms with Crippen molar-refractivity contribution >= 4 is 16.7 Å². The molecule has 1 aromatic heterocycles. The molecule has 0 spiro atoms. The number of H-pyrrole nitrogens is 1. The first kappa shape index (κ1) is 19.7. The average Bonchev–Trinajstić information content (AvgIpc) is 3.36. The number of carbonyl (C=O) groups excluding carboxylic acids is 1. The van der Waals surface area contributed by atoms with Gasteiger partial charge in [-0.25, -0.2) is 4.39 Å². The molecule has 33 heavy (non-hydrogen) atoms. The average molecular weight is 432 g/mol. The van der Waals surface area contributed by atoms with E-state index in [1.807, 2.05) is 60.7 Å². The third kappa shape index (κ3) is 3.28. The number of aromatic amines is 1. The maximum Gasteiger partial charge on any atom is 0.155 e. The van der Waals surface area contributed by atoms with Crippen LogP contribution < -0.4 is 0 Å². The van der Waals surface area contributed by atoms with Crippen LogP contribution >= 0.6 is 0 Å². The number of Topliss-reactive ketones (excluding diaryl/α,β-unsaturated/α-hetero) is 1. The fourth-order valence-electron chi connectivity index (χ4n) is 5.02. The Morgan fingerprint density at radius 1 is 0.848 bits per heavy atom. The van der Waals surface area contributed by atoms with Crippen LogP contribution in [0.3, 0.4) is 0 Å². The van der Waals surface area contributed by atoms with E-state index in [9.17, 15) is 4.79 Å². The molecule has 0 saturated carbocycles. The SMILES string of the molecule is CC(=O)Cc1ccc2c(c1)Cc1c-2[nH]c2c(F)c(-c3ccc(-c4ccccc4)cc3)ccc12. The smallest absolute Gasteiger partial charge is 0.155 e. The molecule has 0 atom stereocenters. The van der Waals surface area contributed by atoms with Crippen molar-refractivity contribution in [2.24, 2.45) is 0 Å². The summed E-state index contributed by atoms with van der Waals surface area (Å²) in [6.07, 6.45) is 1.20. The van der Waals surface area contributed by atoms with Crippen LogP contribution in [0.1, 0.15) is 23.6 Å². The van der Waals surface area contributed by atoms with Crippen LogP contribution in [-0.4, -0.2) is 10.8 Å². The van der Waals surface area contributed by atoms with Crippen LogP contribution in [0.25, 0.3) is 44.4 Å². The second-order valence-corrected chi connectivity index (χ2v) is 8.82. The van der Waals surface area contributed by atoms with E-state index in [-0.39, 0.29) is 11.6 Å². The zero-order chi connectivity index (χ0) is 22.5. The van der Waals surface area contributed by atoms with E-state index < -0.39 is 0 Å². The monoisotopic (exact) mass is 431 g/mol. The number of nitrogens with one attached hydrogen (secondary N) is 1. The van der Waals surface area contributed by atoms with Crippen molar-refractivity contribution in [2.45, 2.75) is 19.8 Å². The number of aromatic nitrogens is 1. The molecule has 0 aliphatic heterocycles. The minimum atomic E-state index is -0.218. The standard InChI is InChI=1S/C30H22FNO/c1-18(33)15-19-7-12-25-23(16-19)17-27-26-14-13-24(28(31)30(26)32-29(25)27)22-10-8-21(9-11-22)20-5-3-2-4-6-20/h2-14,16,32H,15,17H2,1H3. The Morgan fingerprint density at radius 2 is 1.55 bits per heavy atom. The van der Waals surface area contributed by atoms with Crippen LogP contribution in [0.15, 0.2) is 84.9 Å². The molecule has 1 N–H and O–H groups in total. The molecule has 0 unspecified atom stereocenters. The van der Waals surface area contributed by atoms with Crippen molar-refractivity contribution in [2.75, 3.05) is 0 Å². The Labute approximate surface area is 191 Å². The number of halogens is 1. The second-order valence-electron chi connectivity index (χ2n) is 8.82. The van der Waals surface area contributed by atoms with Crippen LogP contribution in [0.4, 0.5) is 4.39 Å². The lowest BCUT2D eigenvalue weighted by atomic mass is 9.98. The second kappa shape index (κ2) is 7.56. The summed E-state index contributed by atoms with van der Waals surface area (Å²) in [5.41, 5.74) is 9.71. The summed E-state index contributed by atoms with van der Waals surface area (Å²) in [4.78, 5) is 14.9. The Morgan fingerprint density at radius 3 is 2.30 bits per heavy atom. The molecular weight excluding hydrogens is 409 g/mol. The van der Waals surface area contributed by atoms with Gasteiger partial charge in [0, 0.05) is 29.4 Å². The van der Waals surface area contributed by atoms with E-state index >= 15 is 4.39 Å². The largest absolute Gasteiger partial charge is 0.352 e. The first-order valence-corrected chi connectivity index (χ1v) is 11.2. The molecule has 5 aromatic rings. The number of rotatable bonds is 4. The first-order chi connectivity index (χ1) is 16.1. The molecule has 4 aromatic carbocycles. The van der Waals surface area contributed by atoms with Gasteiger partial charge in [-0.1, -0.05) is 84.9 Å². The van der Waals surface area contributed by atoms with E-state index in [4.69, 9.17) is 0 Å². The Kier molecular flexibility index (Phi) is 4.51. The Bertz CT molecular complexity index is 1530. The normalized spacial score (nSPS) is 12.1. The summed E-state index contributed by atoms with van der Waals surface area (Å²) >= 11 is 0. The lowest BCUT2D eigenvalue weighted by molar-refractivity contribution is -0.116. The molecular formula is C30H22FNO. The lowest BCUT2D eigenvalue weighted by Crippen LogP contribution is -1.97. The molecule has 6 rings (SSSR count). The van der Waals surface area contributed by atoms with Gasteiger partial charge in [0.15, 0.2) is 5.82 Å². The van der Waals surface area contributed by atoms with Crippen LogP contribution in [0.2, 0.25) is 0 Å². The molecule has 0 fully saturated rings. The summed E-state index contributed by atoms with van der Waals surface area (Å²) in [6.45, 7) is 1.61. The van der Waals surface area contributed by atoms with E-state index in [0.29, 0.717) is 17.5 Å². The van der Waals surface area contributed by atoms with Gasteiger partial charge in [0.1, 0.15) is 5.78 Å². The predicted octanol–water partition coefficient (Wildman–Crippen LogP) is 7.34. The van der Waals surface area contributed by atoms with E-state index in [0.717, 1.165) is 50.9 Å². The van der Waals surface area contributed by atoms with Crippen LogP contribution in [0.5, 0.6) is 0 Å². The number of hydrogen-bond acceptors (Lipinski definition) is 1. The van der Waals surface area contributed by atoms with Crippen LogP contribution in [0, 0.1) is 5.82 Å². The minimum Gasteiger partial charge on any atom is -0.352 e. The summed E-state index contributed by atoms with van der Waals surface area (Å²) in [6, 6.07) is 28.3. The molecule has 1 aliphatic carbocycles. The zero-order valence-electron chi connectivity index (χ0n) is 18.3. The van der Waals surface area contributed by atoms with Gasteiger partial charge in [0.25, 0.3) is 0 Å². The number of ketones is 1. The predicted molar refractivity (Wildman–Crippen MR) is 132 cm³/mol. The quantitative estimate of drug-likeness (QED) is 0.311. The molecule has 3 heteroatoms. The summed E-state index contributed by atoms with van der Waals surface area (Å²) in [7, 11) is 0. The Hall–Kier alpha value is -3.98. The number of benzene rings is 4. The van der Waals surface area contributed by atoms with E-state index in [2.05, 4.69) is 29.2 Å². The zero-order valence-corrected chi connectivity index (χ0v) is 18.3.